The molecule has 3 aromatic carbocycles. The summed E-state index contributed by atoms with van der Waals surface area (Å²) in [4.78, 5) is 26.3. The Morgan fingerprint density at radius 2 is 1.72 bits per heavy atom. The van der Waals surface area contributed by atoms with Crippen molar-refractivity contribution < 1.29 is 4.79 Å². The van der Waals surface area contributed by atoms with E-state index in [9.17, 15) is 4.79 Å². The number of thiophene rings is 1. The van der Waals surface area contributed by atoms with Crippen LogP contribution >= 0.6 is 22.9 Å². The lowest BCUT2D eigenvalue weighted by Gasteiger charge is -2.22. The third-order valence-electron chi connectivity index (χ3n) is 7.97. The monoisotopic (exact) mass is 608 g/mol. The van der Waals surface area contributed by atoms with Crippen LogP contribution in [-0.2, 0) is 6.42 Å². The van der Waals surface area contributed by atoms with Gasteiger partial charge >= 0.3 is 0 Å². The minimum atomic E-state index is 0.00890. The first-order valence-electron chi connectivity index (χ1n) is 14.6. The molecule has 0 radical (unpaired) electrons. The first kappa shape index (κ1) is 28.9. The molecular weight excluding hydrogens is 573 g/mol. The Morgan fingerprint density at radius 3 is 2.47 bits per heavy atom. The molecule has 1 saturated heterocycles. The van der Waals surface area contributed by atoms with E-state index in [1.165, 1.54) is 22.8 Å². The predicted octanol–water partition coefficient (Wildman–Crippen LogP) is 6.64. The van der Waals surface area contributed by atoms with E-state index in [1.807, 2.05) is 47.4 Å². The number of rotatable bonds is 8. The molecule has 7 nitrogen and oxygen atoms in total. The maximum Gasteiger partial charge on any atom is 0.254 e. The largest absolute Gasteiger partial charge is 0.399 e. The molecule has 1 unspecified atom stereocenters. The first-order chi connectivity index (χ1) is 21.0. The molecule has 0 aliphatic carbocycles. The lowest BCUT2D eigenvalue weighted by atomic mass is 9.91. The van der Waals surface area contributed by atoms with E-state index in [0.717, 1.165) is 70.7 Å². The zero-order valence-electron chi connectivity index (χ0n) is 24.5. The topological polar surface area (TPSA) is 78.6 Å². The Labute approximate surface area is 261 Å². The number of nitrogens with zero attached hydrogens (tertiary/aromatic N) is 5. The van der Waals surface area contributed by atoms with Crippen molar-refractivity contribution in [2.75, 3.05) is 55.8 Å². The third kappa shape index (κ3) is 6.58. The SMILES string of the molecule is CN(C)c1ccc(CC(c2ccc(N)cc2)c2nsc(N3CCCN(C(=O)c4ccccc4-c4cccs4)CC3)n2)cc1. The number of carbonyl (C=O) groups excluding carboxylic acids is 1. The maximum absolute atomic E-state index is 13.7. The molecule has 2 N–H and O–H groups in total. The van der Waals surface area contributed by atoms with Gasteiger partial charge in [-0.15, -0.1) is 11.3 Å². The Morgan fingerprint density at radius 1 is 0.930 bits per heavy atom. The van der Waals surface area contributed by atoms with Crippen molar-refractivity contribution in [3.8, 4) is 10.4 Å². The van der Waals surface area contributed by atoms with E-state index in [-0.39, 0.29) is 11.8 Å². The summed E-state index contributed by atoms with van der Waals surface area (Å²) in [5.41, 5.74) is 12.1. The smallest absolute Gasteiger partial charge is 0.254 e. The van der Waals surface area contributed by atoms with Gasteiger partial charge in [-0.1, -0.05) is 48.5 Å². The van der Waals surface area contributed by atoms with Crippen LogP contribution in [0.15, 0.2) is 90.3 Å². The van der Waals surface area contributed by atoms with Gasteiger partial charge in [0.25, 0.3) is 5.91 Å². The van der Waals surface area contributed by atoms with Crippen LogP contribution < -0.4 is 15.5 Å². The van der Waals surface area contributed by atoms with E-state index in [1.54, 1.807) is 11.3 Å². The minimum absolute atomic E-state index is 0.00890. The third-order valence-corrected chi connectivity index (χ3v) is 9.67. The number of nitrogens with two attached hydrogens (primary N) is 1. The van der Waals surface area contributed by atoms with Crippen molar-refractivity contribution in [2.24, 2.45) is 0 Å². The van der Waals surface area contributed by atoms with Crippen molar-refractivity contribution in [1.82, 2.24) is 14.3 Å². The summed E-state index contributed by atoms with van der Waals surface area (Å²) in [5.74, 6) is 0.922. The van der Waals surface area contributed by atoms with Gasteiger partial charge in [0, 0.05) is 85.1 Å². The first-order valence-corrected chi connectivity index (χ1v) is 16.2. The van der Waals surface area contributed by atoms with Gasteiger partial charge in [-0.05, 0) is 65.7 Å². The molecule has 1 aliphatic heterocycles. The number of hydrogen-bond acceptors (Lipinski definition) is 8. The average Bonchev–Trinajstić information content (AvgIpc) is 3.69. The number of nitrogen functional groups attached to an aromatic ring is 1. The zero-order chi connectivity index (χ0) is 29.8. The fourth-order valence-corrected chi connectivity index (χ4v) is 7.09. The van der Waals surface area contributed by atoms with Gasteiger partial charge in [0.15, 0.2) is 5.82 Å². The molecule has 9 heteroatoms. The molecule has 1 amide bonds. The summed E-state index contributed by atoms with van der Waals surface area (Å²) >= 11 is 3.11. The Bertz CT molecular complexity index is 1650. The number of anilines is 3. The van der Waals surface area contributed by atoms with E-state index < -0.39 is 0 Å². The molecule has 0 bridgehead atoms. The van der Waals surface area contributed by atoms with E-state index in [4.69, 9.17) is 15.1 Å². The second kappa shape index (κ2) is 13.0. The summed E-state index contributed by atoms with van der Waals surface area (Å²) in [7, 11) is 4.10. The van der Waals surface area contributed by atoms with Gasteiger partial charge < -0.3 is 20.4 Å². The summed E-state index contributed by atoms with van der Waals surface area (Å²) in [6.07, 6.45) is 1.67. The molecule has 1 fully saturated rings. The number of amides is 1. The van der Waals surface area contributed by atoms with E-state index in [2.05, 4.69) is 71.7 Å². The highest BCUT2D eigenvalue weighted by Crippen LogP contribution is 2.32. The molecule has 5 aromatic rings. The second-order valence-corrected chi connectivity index (χ2v) is 12.8. The molecule has 6 rings (SSSR count). The Balaban J connectivity index is 1.19. The van der Waals surface area contributed by atoms with Crippen LogP contribution in [0.4, 0.5) is 16.5 Å². The van der Waals surface area contributed by atoms with Crippen molar-refractivity contribution in [1.29, 1.82) is 0 Å². The molecule has 0 spiro atoms. The number of hydrogen-bond donors (Lipinski definition) is 1. The molecule has 1 aliphatic rings. The fourth-order valence-electron chi connectivity index (χ4n) is 5.55. The van der Waals surface area contributed by atoms with Crippen LogP contribution in [0.1, 0.15) is 39.6 Å². The number of carbonyl (C=O) groups is 1. The van der Waals surface area contributed by atoms with Crippen LogP contribution in [0.25, 0.3) is 10.4 Å². The van der Waals surface area contributed by atoms with Crippen LogP contribution in [0.3, 0.4) is 0 Å². The zero-order valence-corrected chi connectivity index (χ0v) is 26.2. The highest BCUT2D eigenvalue weighted by Gasteiger charge is 2.26. The lowest BCUT2D eigenvalue weighted by Crippen LogP contribution is -2.35. The van der Waals surface area contributed by atoms with Crippen molar-refractivity contribution in [3.63, 3.8) is 0 Å². The van der Waals surface area contributed by atoms with Crippen LogP contribution in [0, 0.1) is 0 Å². The molecular formula is C34H36N6OS2. The number of aromatic nitrogens is 2. The molecule has 0 saturated carbocycles. The molecule has 220 valence electrons. The highest BCUT2D eigenvalue weighted by molar-refractivity contribution is 7.13. The van der Waals surface area contributed by atoms with Crippen LogP contribution in [0.2, 0.25) is 0 Å². The summed E-state index contributed by atoms with van der Waals surface area (Å²) in [6, 6.07) is 28.8. The van der Waals surface area contributed by atoms with Gasteiger partial charge in [-0.25, -0.2) is 4.98 Å². The Hall–Kier alpha value is -4.21. The summed E-state index contributed by atoms with van der Waals surface area (Å²) < 4.78 is 4.87. The predicted molar refractivity (Wildman–Crippen MR) is 180 cm³/mol. The van der Waals surface area contributed by atoms with E-state index >= 15 is 0 Å². The maximum atomic E-state index is 13.7. The normalized spacial score (nSPS) is 14.4. The summed E-state index contributed by atoms with van der Waals surface area (Å²) in [6.45, 7) is 2.92. The van der Waals surface area contributed by atoms with Gasteiger partial charge in [0.05, 0.1) is 0 Å². The van der Waals surface area contributed by atoms with Crippen LogP contribution in [-0.4, -0.2) is 60.4 Å². The van der Waals surface area contributed by atoms with Gasteiger partial charge in [0.2, 0.25) is 5.13 Å². The second-order valence-electron chi connectivity index (χ2n) is 11.1. The minimum Gasteiger partial charge on any atom is -0.399 e. The molecule has 43 heavy (non-hydrogen) atoms. The number of benzene rings is 3. The Kier molecular flexibility index (Phi) is 8.72. The highest BCUT2D eigenvalue weighted by atomic mass is 32.1. The standard InChI is InChI=1S/C34H36N6OS2/c1-38(2)27-16-10-24(11-17-27)23-30(25-12-14-26(35)15-13-25)32-36-34(43-37-32)40-19-6-18-39(20-21-40)33(41)29-8-4-3-7-28(29)31-9-5-22-42-31/h3-5,7-17,22,30H,6,18-21,23,35H2,1-2H3. The van der Waals surface area contributed by atoms with Crippen molar-refractivity contribution >= 4 is 45.3 Å². The van der Waals surface area contributed by atoms with Crippen molar-refractivity contribution in [3.05, 3.63) is 113 Å². The van der Waals surface area contributed by atoms with Crippen LogP contribution in [0.5, 0.6) is 0 Å². The molecule has 1 atom stereocenters. The summed E-state index contributed by atoms with van der Waals surface area (Å²) in [5, 5.41) is 2.96. The molecule has 3 heterocycles. The van der Waals surface area contributed by atoms with Gasteiger partial charge in [0.1, 0.15) is 0 Å². The fraction of sp³-hybridized carbons (Fsp3) is 0.265. The van der Waals surface area contributed by atoms with Crippen molar-refractivity contribution in [2.45, 2.75) is 18.8 Å². The van der Waals surface area contributed by atoms with Gasteiger partial charge in [-0.3, -0.25) is 4.79 Å². The lowest BCUT2D eigenvalue weighted by molar-refractivity contribution is 0.0768. The van der Waals surface area contributed by atoms with E-state index in [0.29, 0.717) is 6.54 Å². The molecule has 2 aromatic heterocycles. The average molecular weight is 609 g/mol. The van der Waals surface area contributed by atoms with Gasteiger partial charge in [-0.2, -0.15) is 4.37 Å². The quantitative estimate of drug-likeness (QED) is 0.199.